The lowest BCUT2D eigenvalue weighted by Crippen LogP contribution is -2.21. The van der Waals surface area contributed by atoms with Crippen molar-refractivity contribution in [2.75, 3.05) is 6.61 Å². The van der Waals surface area contributed by atoms with Crippen LogP contribution in [-0.2, 0) is 4.74 Å². The third-order valence-electron chi connectivity index (χ3n) is 2.85. The van der Waals surface area contributed by atoms with Gasteiger partial charge < -0.3 is 9.84 Å². The van der Waals surface area contributed by atoms with Crippen molar-refractivity contribution >= 4 is 0 Å². The largest absolute Gasteiger partial charge is 0.384 e. The normalized spacial score (nSPS) is 14.4. The molecule has 0 aliphatic heterocycles. The van der Waals surface area contributed by atoms with Crippen molar-refractivity contribution in [1.29, 1.82) is 0 Å². The summed E-state index contributed by atoms with van der Waals surface area (Å²) in [5.41, 5.74) is 1.67. The van der Waals surface area contributed by atoms with Gasteiger partial charge in [0.05, 0.1) is 17.5 Å². The van der Waals surface area contributed by atoms with Crippen LogP contribution in [0.25, 0.3) is 5.69 Å². The van der Waals surface area contributed by atoms with E-state index in [1.165, 1.54) is 0 Å². The number of aromatic nitrogens is 2. The zero-order valence-corrected chi connectivity index (χ0v) is 10.7. The van der Waals surface area contributed by atoms with Crippen molar-refractivity contribution in [2.24, 2.45) is 0 Å². The minimum Gasteiger partial charge on any atom is -0.384 e. The summed E-state index contributed by atoms with van der Waals surface area (Å²) < 4.78 is 7.16. The van der Waals surface area contributed by atoms with E-state index in [4.69, 9.17) is 4.74 Å². The molecule has 0 aliphatic rings. The van der Waals surface area contributed by atoms with Gasteiger partial charge in [0.25, 0.3) is 0 Å². The van der Waals surface area contributed by atoms with Crippen molar-refractivity contribution in [3.63, 3.8) is 0 Å². The lowest BCUT2D eigenvalue weighted by molar-refractivity contribution is -0.0256. The molecule has 2 atom stereocenters. The standard InChI is InChI=1S/C14H18N2O2/c1-3-18-11(2)14(17)13-9-10-15-16(13)12-7-5-4-6-8-12/h4-11,14,17H,3H2,1-2H3. The molecule has 1 N–H and O–H groups in total. The molecule has 2 unspecified atom stereocenters. The first kappa shape index (κ1) is 12.8. The molecular weight excluding hydrogens is 228 g/mol. The van der Waals surface area contributed by atoms with Crippen LogP contribution in [0.4, 0.5) is 0 Å². The molecule has 0 radical (unpaired) electrons. The summed E-state index contributed by atoms with van der Waals surface area (Å²) in [5.74, 6) is 0. The van der Waals surface area contributed by atoms with Gasteiger partial charge in [-0.15, -0.1) is 0 Å². The molecule has 18 heavy (non-hydrogen) atoms. The van der Waals surface area contributed by atoms with Crippen LogP contribution in [-0.4, -0.2) is 27.6 Å². The molecule has 0 aliphatic carbocycles. The van der Waals surface area contributed by atoms with Gasteiger partial charge in [-0.25, -0.2) is 4.68 Å². The Morgan fingerprint density at radius 3 is 2.67 bits per heavy atom. The Labute approximate surface area is 107 Å². The molecule has 96 valence electrons. The van der Waals surface area contributed by atoms with Crippen molar-refractivity contribution in [3.8, 4) is 5.69 Å². The van der Waals surface area contributed by atoms with Gasteiger partial charge >= 0.3 is 0 Å². The Kier molecular flexibility index (Phi) is 4.12. The highest BCUT2D eigenvalue weighted by molar-refractivity contribution is 5.32. The van der Waals surface area contributed by atoms with Gasteiger partial charge in [-0.05, 0) is 32.0 Å². The van der Waals surface area contributed by atoms with Crippen molar-refractivity contribution in [3.05, 3.63) is 48.3 Å². The monoisotopic (exact) mass is 246 g/mol. The maximum Gasteiger partial charge on any atom is 0.122 e. The van der Waals surface area contributed by atoms with Gasteiger partial charge in [0, 0.05) is 12.8 Å². The van der Waals surface area contributed by atoms with E-state index < -0.39 is 6.10 Å². The highest BCUT2D eigenvalue weighted by Crippen LogP contribution is 2.21. The van der Waals surface area contributed by atoms with E-state index in [2.05, 4.69) is 5.10 Å². The molecule has 0 amide bonds. The quantitative estimate of drug-likeness (QED) is 0.880. The van der Waals surface area contributed by atoms with Gasteiger partial charge in [-0.2, -0.15) is 5.10 Å². The fraction of sp³-hybridized carbons (Fsp3) is 0.357. The lowest BCUT2D eigenvalue weighted by atomic mass is 10.1. The number of nitrogens with zero attached hydrogens (tertiary/aromatic N) is 2. The smallest absolute Gasteiger partial charge is 0.122 e. The fourth-order valence-corrected chi connectivity index (χ4v) is 1.92. The first-order valence-corrected chi connectivity index (χ1v) is 6.13. The summed E-state index contributed by atoms with van der Waals surface area (Å²) in [6, 6.07) is 11.6. The number of hydrogen-bond donors (Lipinski definition) is 1. The zero-order valence-electron chi connectivity index (χ0n) is 10.7. The van der Waals surface area contributed by atoms with Crippen LogP contribution in [0.3, 0.4) is 0 Å². The molecule has 0 spiro atoms. The molecular formula is C14H18N2O2. The topological polar surface area (TPSA) is 47.3 Å². The lowest BCUT2D eigenvalue weighted by Gasteiger charge is -2.19. The number of para-hydroxylation sites is 1. The number of aliphatic hydroxyl groups excluding tert-OH is 1. The van der Waals surface area contributed by atoms with Crippen LogP contribution in [0.1, 0.15) is 25.6 Å². The minimum absolute atomic E-state index is 0.255. The van der Waals surface area contributed by atoms with E-state index in [1.54, 1.807) is 10.9 Å². The second-order valence-corrected chi connectivity index (χ2v) is 4.11. The Hall–Kier alpha value is -1.65. The molecule has 2 aromatic rings. The third kappa shape index (κ3) is 2.60. The van der Waals surface area contributed by atoms with E-state index in [1.807, 2.05) is 50.2 Å². The minimum atomic E-state index is -0.687. The highest BCUT2D eigenvalue weighted by atomic mass is 16.5. The Bertz CT molecular complexity index is 482. The molecule has 0 saturated carbocycles. The van der Waals surface area contributed by atoms with E-state index in [9.17, 15) is 5.11 Å². The first-order chi connectivity index (χ1) is 8.74. The summed E-state index contributed by atoms with van der Waals surface area (Å²) in [5, 5.41) is 14.5. The number of aliphatic hydroxyl groups is 1. The Morgan fingerprint density at radius 1 is 1.28 bits per heavy atom. The number of benzene rings is 1. The molecule has 1 heterocycles. The molecule has 0 saturated heterocycles. The van der Waals surface area contributed by atoms with E-state index in [0.29, 0.717) is 6.61 Å². The van der Waals surface area contributed by atoms with Gasteiger partial charge in [0.1, 0.15) is 6.10 Å². The summed E-state index contributed by atoms with van der Waals surface area (Å²) in [4.78, 5) is 0. The maximum atomic E-state index is 10.3. The van der Waals surface area contributed by atoms with Crippen LogP contribution in [0, 0.1) is 0 Å². The predicted octanol–water partition coefficient (Wildman–Crippen LogP) is 2.33. The van der Waals surface area contributed by atoms with Crippen molar-refractivity contribution in [1.82, 2.24) is 9.78 Å². The summed E-state index contributed by atoms with van der Waals surface area (Å²) in [6.07, 6.45) is 0.742. The van der Waals surface area contributed by atoms with Crippen LogP contribution >= 0.6 is 0 Å². The van der Waals surface area contributed by atoms with E-state index >= 15 is 0 Å². The predicted molar refractivity (Wildman–Crippen MR) is 69.6 cm³/mol. The second kappa shape index (κ2) is 5.80. The number of ether oxygens (including phenoxy) is 1. The molecule has 0 fully saturated rings. The van der Waals surface area contributed by atoms with Crippen molar-refractivity contribution in [2.45, 2.75) is 26.1 Å². The molecule has 0 bridgehead atoms. The molecule has 2 rings (SSSR count). The van der Waals surface area contributed by atoms with Crippen LogP contribution < -0.4 is 0 Å². The molecule has 4 nitrogen and oxygen atoms in total. The second-order valence-electron chi connectivity index (χ2n) is 4.11. The van der Waals surface area contributed by atoms with Gasteiger partial charge in [-0.3, -0.25) is 0 Å². The maximum absolute atomic E-state index is 10.3. The third-order valence-corrected chi connectivity index (χ3v) is 2.85. The average molecular weight is 246 g/mol. The summed E-state index contributed by atoms with van der Waals surface area (Å²) in [7, 11) is 0. The average Bonchev–Trinajstić information content (AvgIpc) is 2.88. The molecule has 1 aromatic carbocycles. The summed E-state index contributed by atoms with van der Waals surface area (Å²) >= 11 is 0. The molecule has 4 heteroatoms. The Morgan fingerprint density at radius 2 is 2.00 bits per heavy atom. The highest BCUT2D eigenvalue weighted by Gasteiger charge is 2.20. The van der Waals surface area contributed by atoms with Crippen molar-refractivity contribution < 1.29 is 9.84 Å². The van der Waals surface area contributed by atoms with Gasteiger partial charge in [0.15, 0.2) is 0 Å². The number of rotatable bonds is 5. The van der Waals surface area contributed by atoms with Crippen LogP contribution in [0.5, 0.6) is 0 Å². The molecule has 1 aromatic heterocycles. The number of hydrogen-bond acceptors (Lipinski definition) is 3. The fourth-order valence-electron chi connectivity index (χ4n) is 1.92. The van der Waals surface area contributed by atoms with Crippen LogP contribution in [0.15, 0.2) is 42.6 Å². The van der Waals surface area contributed by atoms with E-state index in [0.717, 1.165) is 11.4 Å². The van der Waals surface area contributed by atoms with E-state index in [-0.39, 0.29) is 6.10 Å². The van der Waals surface area contributed by atoms with Crippen LogP contribution in [0.2, 0.25) is 0 Å². The summed E-state index contributed by atoms with van der Waals surface area (Å²) in [6.45, 7) is 4.35. The SMILES string of the molecule is CCOC(C)C(O)c1ccnn1-c1ccccc1. The Balaban J connectivity index is 2.28. The van der Waals surface area contributed by atoms with Gasteiger partial charge in [-0.1, -0.05) is 18.2 Å². The van der Waals surface area contributed by atoms with Gasteiger partial charge in [0.2, 0.25) is 0 Å². The zero-order chi connectivity index (χ0) is 13.0. The first-order valence-electron chi connectivity index (χ1n) is 6.13.